The quantitative estimate of drug-likeness (QED) is 0.258. The number of carbonyl (C=O) groups is 1. The van der Waals surface area contributed by atoms with Gasteiger partial charge in [0.25, 0.3) is 0 Å². The molecule has 1 atom stereocenters. The van der Waals surface area contributed by atoms with Gasteiger partial charge in [0, 0.05) is 23.0 Å². The molecule has 1 aromatic carbocycles. The van der Waals surface area contributed by atoms with Crippen LogP contribution in [0.15, 0.2) is 72.3 Å². The average molecular weight is 586 g/mol. The van der Waals surface area contributed by atoms with Crippen molar-refractivity contribution in [1.82, 2.24) is 44.1 Å². The van der Waals surface area contributed by atoms with Crippen LogP contribution in [0.5, 0.6) is 0 Å². The second-order valence-corrected chi connectivity index (χ2v) is 9.14. The number of rotatable bonds is 9. The molecule has 1 N–H and O–H groups in total. The van der Waals surface area contributed by atoms with Crippen molar-refractivity contribution < 1.29 is 23.1 Å². The maximum atomic E-state index is 13.1. The van der Waals surface area contributed by atoms with E-state index in [2.05, 4.69) is 30.1 Å². The molecule has 0 aliphatic rings. The minimum Gasteiger partial charge on any atom is -0.382 e. The van der Waals surface area contributed by atoms with Gasteiger partial charge >= 0.3 is 11.9 Å². The summed E-state index contributed by atoms with van der Waals surface area (Å²) < 4.78 is 42.3. The summed E-state index contributed by atoms with van der Waals surface area (Å²) in [7, 11) is 0. The van der Waals surface area contributed by atoms with Crippen LogP contribution in [0.1, 0.15) is 22.0 Å². The van der Waals surface area contributed by atoms with Crippen LogP contribution in [-0.2, 0) is 19.5 Å². The average Bonchev–Trinajstić information content (AvgIpc) is 3.54. The van der Waals surface area contributed by atoms with E-state index in [-0.39, 0.29) is 36.1 Å². The molecular formula is C25H19ClF3N9O3. The van der Waals surface area contributed by atoms with Gasteiger partial charge in [-0.1, -0.05) is 11.6 Å². The Hall–Kier alpha value is -4.76. The van der Waals surface area contributed by atoms with Crippen molar-refractivity contribution in [3.63, 3.8) is 0 Å². The van der Waals surface area contributed by atoms with Gasteiger partial charge in [-0.3, -0.25) is 14.3 Å². The SMILES string of the molecule is O=C(Cc1ncccc1-n1cnc(Cn2nc(-c3ccc(Cl)cc3)n(C[C@H](O)C(F)(F)F)c2=O)n1)c1ccncn1. The predicted molar refractivity (Wildman–Crippen MR) is 137 cm³/mol. The summed E-state index contributed by atoms with van der Waals surface area (Å²) in [4.78, 5) is 42.0. The van der Waals surface area contributed by atoms with Crippen LogP contribution in [-0.4, -0.2) is 67.2 Å². The third kappa shape index (κ3) is 6.20. The molecule has 12 nitrogen and oxygen atoms in total. The monoisotopic (exact) mass is 585 g/mol. The number of aromatic nitrogens is 9. The van der Waals surface area contributed by atoms with Gasteiger partial charge in [-0.2, -0.15) is 13.2 Å². The normalized spacial score (nSPS) is 12.4. The maximum Gasteiger partial charge on any atom is 0.416 e. The lowest BCUT2D eigenvalue weighted by Gasteiger charge is -2.15. The Bertz CT molecular complexity index is 1740. The van der Waals surface area contributed by atoms with Crippen molar-refractivity contribution in [2.24, 2.45) is 0 Å². The summed E-state index contributed by atoms with van der Waals surface area (Å²) in [6.45, 7) is -1.36. The van der Waals surface area contributed by atoms with Gasteiger partial charge in [0.05, 0.1) is 24.3 Å². The topological polar surface area (TPSA) is 146 Å². The zero-order chi connectivity index (χ0) is 29.1. The first-order chi connectivity index (χ1) is 19.6. The highest BCUT2D eigenvalue weighted by molar-refractivity contribution is 6.30. The van der Waals surface area contributed by atoms with E-state index in [9.17, 15) is 27.9 Å². The molecular weight excluding hydrogens is 567 g/mol. The zero-order valence-electron chi connectivity index (χ0n) is 20.9. The lowest BCUT2D eigenvalue weighted by molar-refractivity contribution is -0.207. The molecule has 0 aliphatic heterocycles. The summed E-state index contributed by atoms with van der Waals surface area (Å²) in [6.07, 6.45) is -2.25. The van der Waals surface area contributed by atoms with E-state index in [1.54, 1.807) is 12.1 Å². The molecule has 0 saturated carbocycles. The molecule has 41 heavy (non-hydrogen) atoms. The number of nitrogens with zero attached hydrogens (tertiary/aromatic N) is 9. The number of ketones is 1. The van der Waals surface area contributed by atoms with Gasteiger partial charge in [-0.05, 0) is 42.5 Å². The molecule has 16 heteroatoms. The van der Waals surface area contributed by atoms with Crippen molar-refractivity contribution in [1.29, 1.82) is 0 Å². The van der Waals surface area contributed by atoms with Crippen LogP contribution in [0.25, 0.3) is 17.1 Å². The molecule has 0 aliphatic carbocycles. The second-order valence-electron chi connectivity index (χ2n) is 8.71. The summed E-state index contributed by atoms with van der Waals surface area (Å²) >= 11 is 5.92. The Morgan fingerprint density at radius 3 is 2.51 bits per heavy atom. The first-order valence-electron chi connectivity index (χ1n) is 11.9. The number of carbonyl (C=O) groups excluding carboxylic acids is 1. The van der Waals surface area contributed by atoms with Gasteiger partial charge in [0.2, 0.25) is 0 Å². The molecule has 4 aromatic heterocycles. The molecule has 0 unspecified atom stereocenters. The van der Waals surface area contributed by atoms with Crippen LogP contribution in [0.3, 0.4) is 0 Å². The van der Waals surface area contributed by atoms with E-state index in [4.69, 9.17) is 11.6 Å². The molecule has 0 bridgehead atoms. The Labute approximate surface area is 233 Å². The summed E-state index contributed by atoms with van der Waals surface area (Å²) in [5.74, 6) is -0.291. The second kappa shape index (κ2) is 11.4. The Morgan fingerprint density at radius 1 is 1.02 bits per heavy atom. The summed E-state index contributed by atoms with van der Waals surface area (Å²) in [5.41, 5.74) is 0.457. The van der Waals surface area contributed by atoms with E-state index in [0.29, 0.717) is 22.0 Å². The van der Waals surface area contributed by atoms with Crippen LogP contribution < -0.4 is 5.69 Å². The van der Waals surface area contributed by atoms with Crippen molar-refractivity contribution in [2.75, 3.05) is 0 Å². The van der Waals surface area contributed by atoms with Crippen LogP contribution in [0.4, 0.5) is 13.2 Å². The van der Waals surface area contributed by atoms with Crippen molar-refractivity contribution >= 4 is 17.4 Å². The highest BCUT2D eigenvalue weighted by Gasteiger charge is 2.39. The smallest absolute Gasteiger partial charge is 0.382 e. The van der Waals surface area contributed by atoms with Crippen molar-refractivity contribution in [2.45, 2.75) is 31.8 Å². The van der Waals surface area contributed by atoms with Crippen LogP contribution in [0, 0.1) is 0 Å². The first kappa shape index (κ1) is 27.8. The van der Waals surface area contributed by atoms with Gasteiger partial charge in [-0.25, -0.2) is 29.1 Å². The highest BCUT2D eigenvalue weighted by Crippen LogP contribution is 2.24. The summed E-state index contributed by atoms with van der Waals surface area (Å²) in [6, 6.07) is 10.8. The number of halogens is 4. The predicted octanol–water partition coefficient (Wildman–Crippen LogP) is 2.53. The van der Waals surface area contributed by atoms with Crippen LogP contribution >= 0.6 is 11.6 Å². The van der Waals surface area contributed by atoms with Gasteiger partial charge < -0.3 is 5.11 Å². The molecule has 0 saturated heterocycles. The van der Waals surface area contributed by atoms with E-state index in [0.717, 1.165) is 9.25 Å². The van der Waals surface area contributed by atoms with E-state index >= 15 is 0 Å². The van der Waals surface area contributed by atoms with Crippen molar-refractivity contribution in [3.8, 4) is 17.1 Å². The summed E-state index contributed by atoms with van der Waals surface area (Å²) in [5, 5.41) is 18.6. The number of hydrogen-bond donors (Lipinski definition) is 1. The minimum atomic E-state index is -4.95. The Balaban J connectivity index is 1.44. The molecule has 5 rings (SSSR count). The standard InChI is InChI=1S/C25H19ClF3N9O3/c26-16-5-3-15(4-6-16)23-35-37(24(41)36(23)11-21(40)25(27,28)29)12-22-33-14-38(34-22)19-2-1-8-31-18(19)10-20(39)17-7-9-30-13-32-17/h1-9,13-14,21,40H,10-12H2/t21-/m0/s1. The molecule has 0 radical (unpaired) electrons. The molecule has 0 spiro atoms. The van der Waals surface area contributed by atoms with Crippen LogP contribution in [0.2, 0.25) is 5.02 Å². The van der Waals surface area contributed by atoms with E-state index in [1.807, 2.05) is 0 Å². The van der Waals surface area contributed by atoms with E-state index in [1.165, 1.54) is 60.1 Å². The number of Topliss-reactive ketones (excluding diaryl/α,β-unsaturated/α-hetero) is 1. The lowest BCUT2D eigenvalue weighted by atomic mass is 10.1. The first-order valence-corrected chi connectivity index (χ1v) is 12.3. The number of hydrogen-bond acceptors (Lipinski definition) is 9. The third-order valence-electron chi connectivity index (χ3n) is 5.90. The third-order valence-corrected chi connectivity index (χ3v) is 6.15. The number of benzene rings is 1. The number of pyridine rings is 1. The fourth-order valence-corrected chi connectivity index (χ4v) is 4.02. The molecule has 210 valence electrons. The molecule has 4 heterocycles. The van der Waals surface area contributed by atoms with E-state index < -0.39 is 24.5 Å². The molecule has 5 aromatic rings. The van der Waals surface area contributed by atoms with Gasteiger partial charge in [0.15, 0.2) is 23.5 Å². The minimum absolute atomic E-state index is 0.0851. The highest BCUT2D eigenvalue weighted by atomic mass is 35.5. The maximum absolute atomic E-state index is 13.1. The fraction of sp³-hybridized carbons (Fsp3) is 0.200. The Kier molecular flexibility index (Phi) is 7.72. The van der Waals surface area contributed by atoms with Gasteiger partial charge in [0.1, 0.15) is 24.9 Å². The van der Waals surface area contributed by atoms with Crippen molar-refractivity contribution in [3.05, 3.63) is 100 Å². The lowest BCUT2D eigenvalue weighted by Crippen LogP contribution is -2.37. The molecule has 0 fully saturated rings. The number of aliphatic hydroxyl groups excluding tert-OH is 1. The number of aliphatic hydroxyl groups is 1. The Morgan fingerprint density at radius 2 is 1.80 bits per heavy atom. The largest absolute Gasteiger partial charge is 0.416 e. The molecule has 0 amide bonds. The fourth-order valence-electron chi connectivity index (χ4n) is 3.89. The van der Waals surface area contributed by atoms with Gasteiger partial charge in [-0.15, -0.1) is 10.2 Å². The number of alkyl halides is 3. The zero-order valence-corrected chi connectivity index (χ0v) is 21.6.